The van der Waals surface area contributed by atoms with E-state index in [9.17, 15) is 5.11 Å². The second kappa shape index (κ2) is 6.78. The number of ether oxygens (including phenoxy) is 1. The lowest BCUT2D eigenvalue weighted by Crippen LogP contribution is -2.29. The molecule has 1 aromatic carbocycles. The number of nitrogens with zero attached hydrogens (tertiary/aromatic N) is 1. The van der Waals surface area contributed by atoms with E-state index >= 15 is 0 Å². The molecule has 5 heteroatoms. The number of benzene rings is 1. The first-order chi connectivity index (χ1) is 8.17. The molecule has 1 aromatic rings. The fraction of sp³-hybridized carbons (Fsp3) is 0.333. The fourth-order valence-electron chi connectivity index (χ4n) is 1.31. The average molecular weight is 235 g/mol. The highest BCUT2D eigenvalue weighted by atomic mass is 16.5. The predicted molar refractivity (Wildman–Crippen MR) is 68.2 cm³/mol. The van der Waals surface area contributed by atoms with Crippen LogP contribution >= 0.6 is 0 Å². The van der Waals surface area contributed by atoms with Crippen molar-refractivity contribution in [2.45, 2.75) is 6.10 Å². The van der Waals surface area contributed by atoms with E-state index in [1.165, 1.54) is 0 Å². The van der Waals surface area contributed by atoms with E-state index in [4.69, 9.17) is 10.1 Å². The molecule has 0 bridgehead atoms. The largest absolute Gasteiger partial charge is 0.491 e. The van der Waals surface area contributed by atoms with Gasteiger partial charge in [-0.3, -0.25) is 5.41 Å². The first kappa shape index (κ1) is 13.3. The molecule has 0 aliphatic heterocycles. The number of hydrogen-bond donors (Lipinski definition) is 3. The molecule has 0 radical (unpaired) electrons. The summed E-state index contributed by atoms with van der Waals surface area (Å²) in [5.74, 6) is 0.706. The molecule has 92 valence electrons. The SMILES string of the molecule is C=NC(=N)c1cccc(OCC(O)CNC)c1. The van der Waals surface area contributed by atoms with Gasteiger partial charge in [0, 0.05) is 12.1 Å². The minimum Gasteiger partial charge on any atom is -0.491 e. The Morgan fingerprint density at radius 1 is 1.65 bits per heavy atom. The summed E-state index contributed by atoms with van der Waals surface area (Å²) in [4.78, 5) is 3.54. The Labute approximate surface area is 101 Å². The molecule has 0 fully saturated rings. The molecule has 1 rings (SSSR count). The highest BCUT2D eigenvalue weighted by molar-refractivity contribution is 5.99. The number of hydrogen-bond acceptors (Lipinski definition) is 4. The molecule has 0 heterocycles. The standard InChI is InChI=1S/C12H17N3O2/c1-14-7-10(16)8-17-11-5-3-4-9(6-11)12(13)15-2/h3-6,10,13-14,16H,2,7-8H2,1H3. The maximum absolute atomic E-state index is 9.48. The highest BCUT2D eigenvalue weighted by Gasteiger charge is 2.05. The maximum Gasteiger partial charge on any atom is 0.151 e. The molecule has 0 aliphatic rings. The van der Waals surface area contributed by atoms with Gasteiger partial charge in [0.05, 0.1) is 0 Å². The van der Waals surface area contributed by atoms with Gasteiger partial charge in [0.15, 0.2) is 5.84 Å². The van der Waals surface area contributed by atoms with Crippen molar-refractivity contribution in [3.05, 3.63) is 29.8 Å². The van der Waals surface area contributed by atoms with E-state index in [1.54, 1.807) is 31.3 Å². The lowest BCUT2D eigenvalue weighted by molar-refractivity contribution is 0.108. The van der Waals surface area contributed by atoms with Crippen molar-refractivity contribution in [1.82, 2.24) is 5.32 Å². The summed E-state index contributed by atoms with van der Waals surface area (Å²) in [6, 6.07) is 7.00. The van der Waals surface area contributed by atoms with Gasteiger partial charge in [0.25, 0.3) is 0 Å². The molecular weight excluding hydrogens is 218 g/mol. The van der Waals surface area contributed by atoms with Crippen LogP contribution in [0.5, 0.6) is 5.75 Å². The first-order valence-corrected chi connectivity index (χ1v) is 5.28. The van der Waals surface area contributed by atoms with Gasteiger partial charge in [-0.2, -0.15) is 0 Å². The summed E-state index contributed by atoms with van der Waals surface area (Å²) >= 11 is 0. The van der Waals surface area contributed by atoms with Crippen LogP contribution in [-0.4, -0.2) is 44.0 Å². The van der Waals surface area contributed by atoms with E-state index in [1.807, 2.05) is 0 Å². The number of nitrogens with one attached hydrogen (secondary N) is 2. The van der Waals surface area contributed by atoms with Crippen molar-refractivity contribution < 1.29 is 9.84 Å². The lowest BCUT2D eigenvalue weighted by Gasteiger charge is -2.12. The smallest absolute Gasteiger partial charge is 0.151 e. The van der Waals surface area contributed by atoms with Crippen LogP contribution in [-0.2, 0) is 0 Å². The monoisotopic (exact) mass is 235 g/mol. The van der Waals surface area contributed by atoms with Gasteiger partial charge in [0.2, 0.25) is 0 Å². The molecule has 0 saturated heterocycles. The molecule has 17 heavy (non-hydrogen) atoms. The number of aliphatic hydroxyl groups excluding tert-OH is 1. The first-order valence-electron chi connectivity index (χ1n) is 5.28. The van der Waals surface area contributed by atoms with Crippen LogP contribution in [0.25, 0.3) is 0 Å². The second-order valence-electron chi connectivity index (χ2n) is 3.56. The third-order valence-electron chi connectivity index (χ3n) is 2.15. The maximum atomic E-state index is 9.48. The average Bonchev–Trinajstić information content (AvgIpc) is 2.36. The topological polar surface area (TPSA) is 77.7 Å². The van der Waals surface area contributed by atoms with Gasteiger partial charge in [-0.05, 0) is 25.9 Å². The van der Waals surface area contributed by atoms with E-state index in [0.29, 0.717) is 17.9 Å². The molecule has 1 unspecified atom stereocenters. The van der Waals surface area contributed by atoms with Crippen molar-refractivity contribution in [3.63, 3.8) is 0 Å². The van der Waals surface area contributed by atoms with Crippen molar-refractivity contribution in [2.75, 3.05) is 20.2 Å². The van der Waals surface area contributed by atoms with E-state index in [2.05, 4.69) is 17.0 Å². The highest BCUT2D eigenvalue weighted by Crippen LogP contribution is 2.14. The number of rotatable bonds is 6. The van der Waals surface area contributed by atoms with Crippen molar-refractivity contribution in [3.8, 4) is 5.75 Å². The van der Waals surface area contributed by atoms with Crippen molar-refractivity contribution >= 4 is 12.6 Å². The third kappa shape index (κ3) is 4.34. The number of aliphatic hydroxyl groups is 1. The quantitative estimate of drug-likeness (QED) is 0.501. The van der Waals surface area contributed by atoms with Gasteiger partial charge in [-0.25, -0.2) is 4.99 Å². The van der Waals surface area contributed by atoms with Gasteiger partial charge in [0.1, 0.15) is 18.5 Å². The van der Waals surface area contributed by atoms with E-state index in [-0.39, 0.29) is 12.4 Å². The molecule has 0 aliphatic carbocycles. The molecule has 0 saturated carbocycles. The molecule has 5 nitrogen and oxygen atoms in total. The Balaban J connectivity index is 2.60. The zero-order valence-electron chi connectivity index (χ0n) is 9.81. The Morgan fingerprint density at radius 2 is 2.41 bits per heavy atom. The van der Waals surface area contributed by atoms with Crippen LogP contribution in [0.15, 0.2) is 29.3 Å². The minimum absolute atomic E-state index is 0.103. The molecule has 3 N–H and O–H groups in total. The van der Waals surface area contributed by atoms with E-state index in [0.717, 1.165) is 0 Å². The molecule has 0 spiro atoms. The third-order valence-corrected chi connectivity index (χ3v) is 2.15. The van der Waals surface area contributed by atoms with Crippen LogP contribution in [0.4, 0.5) is 0 Å². The van der Waals surface area contributed by atoms with E-state index < -0.39 is 6.10 Å². The summed E-state index contributed by atoms with van der Waals surface area (Å²) < 4.78 is 5.41. The summed E-state index contributed by atoms with van der Waals surface area (Å²) in [6.07, 6.45) is -0.555. The van der Waals surface area contributed by atoms with Crippen LogP contribution < -0.4 is 10.1 Å². The summed E-state index contributed by atoms with van der Waals surface area (Å²) in [6.45, 7) is 3.98. The lowest BCUT2D eigenvalue weighted by atomic mass is 10.2. The van der Waals surface area contributed by atoms with Gasteiger partial charge >= 0.3 is 0 Å². The zero-order chi connectivity index (χ0) is 12.7. The number of aliphatic imine (C=N–C) groups is 1. The Bertz CT molecular complexity index is 393. The number of amidine groups is 1. The Kier molecular flexibility index (Phi) is 5.32. The second-order valence-corrected chi connectivity index (χ2v) is 3.56. The van der Waals surface area contributed by atoms with Crippen molar-refractivity contribution in [1.29, 1.82) is 5.41 Å². The predicted octanol–water partition coefficient (Wildman–Crippen LogP) is 0.672. The summed E-state index contributed by atoms with van der Waals surface area (Å²) in [5.41, 5.74) is 0.639. The fourth-order valence-corrected chi connectivity index (χ4v) is 1.31. The summed E-state index contributed by atoms with van der Waals surface area (Å²) in [7, 11) is 1.76. The van der Waals surface area contributed by atoms with Gasteiger partial charge < -0.3 is 15.2 Å². The Morgan fingerprint density at radius 3 is 3.06 bits per heavy atom. The zero-order valence-corrected chi connectivity index (χ0v) is 9.81. The van der Waals surface area contributed by atoms with Crippen LogP contribution in [0, 0.1) is 5.41 Å². The molecule has 1 atom stereocenters. The normalized spacial score (nSPS) is 11.9. The van der Waals surface area contributed by atoms with Gasteiger partial charge in [-0.1, -0.05) is 12.1 Å². The van der Waals surface area contributed by atoms with Crippen LogP contribution in [0.1, 0.15) is 5.56 Å². The van der Waals surface area contributed by atoms with Crippen LogP contribution in [0.2, 0.25) is 0 Å². The number of likely N-dealkylation sites (N-methyl/N-ethyl adjacent to an activating group) is 1. The van der Waals surface area contributed by atoms with Crippen molar-refractivity contribution in [2.24, 2.45) is 4.99 Å². The minimum atomic E-state index is -0.555. The molecule has 0 aromatic heterocycles. The van der Waals surface area contributed by atoms with Crippen LogP contribution in [0.3, 0.4) is 0 Å². The molecular formula is C12H17N3O2. The Hall–Kier alpha value is -1.72. The summed E-state index contributed by atoms with van der Waals surface area (Å²) in [5, 5.41) is 19.8. The van der Waals surface area contributed by atoms with Gasteiger partial charge in [-0.15, -0.1) is 0 Å². The molecule has 0 amide bonds.